The summed E-state index contributed by atoms with van der Waals surface area (Å²) in [6, 6.07) is 5.63. The van der Waals surface area contributed by atoms with Gasteiger partial charge >= 0.3 is 5.97 Å². The van der Waals surface area contributed by atoms with Crippen LogP contribution in [0.4, 0.5) is 4.39 Å². The first-order valence-corrected chi connectivity index (χ1v) is 5.21. The van der Waals surface area contributed by atoms with Gasteiger partial charge < -0.3 is 9.84 Å². The van der Waals surface area contributed by atoms with Crippen LogP contribution in [-0.2, 0) is 13.7 Å². The Bertz CT molecular complexity index is 580. The van der Waals surface area contributed by atoms with E-state index in [1.165, 1.54) is 12.1 Å². The van der Waals surface area contributed by atoms with Crippen LogP contribution < -0.4 is 4.74 Å². The maximum absolute atomic E-state index is 13.4. The smallest absolute Gasteiger partial charge is 0.342 e. The Labute approximate surface area is 102 Å². The summed E-state index contributed by atoms with van der Waals surface area (Å²) >= 11 is 0. The Morgan fingerprint density at radius 3 is 2.89 bits per heavy atom. The van der Waals surface area contributed by atoms with Crippen LogP contribution in [0, 0.1) is 5.82 Å². The number of hydrogen-bond acceptors (Lipinski definition) is 3. The van der Waals surface area contributed by atoms with Crippen LogP contribution in [0.2, 0.25) is 0 Å². The molecule has 2 rings (SSSR count). The minimum atomic E-state index is -1.36. The van der Waals surface area contributed by atoms with Crippen LogP contribution in [0.5, 0.6) is 5.75 Å². The Kier molecular flexibility index (Phi) is 3.27. The number of nitrogens with zero attached hydrogens (tertiary/aromatic N) is 2. The SMILES string of the molecule is Cn1ccc(COc2cccc(F)c2C(=O)O)n1. The van der Waals surface area contributed by atoms with Crippen LogP contribution in [0.15, 0.2) is 30.5 Å². The second-order valence-corrected chi connectivity index (χ2v) is 3.69. The number of hydrogen-bond donors (Lipinski definition) is 1. The first-order valence-electron chi connectivity index (χ1n) is 5.21. The third-order valence-corrected chi connectivity index (χ3v) is 2.33. The highest BCUT2D eigenvalue weighted by atomic mass is 19.1. The highest BCUT2D eigenvalue weighted by Gasteiger charge is 2.16. The monoisotopic (exact) mass is 250 g/mol. The zero-order chi connectivity index (χ0) is 13.1. The topological polar surface area (TPSA) is 64.3 Å². The fraction of sp³-hybridized carbons (Fsp3) is 0.167. The van der Waals surface area contributed by atoms with Crippen LogP contribution in [0.3, 0.4) is 0 Å². The van der Waals surface area contributed by atoms with Gasteiger partial charge in [-0.25, -0.2) is 9.18 Å². The summed E-state index contributed by atoms with van der Waals surface area (Å²) in [6.45, 7) is 0.0879. The van der Waals surface area contributed by atoms with Crippen molar-refractivity contribution in [3.8, 4) is 5.75 Å². The average molecular weight is 250 g/mol. The highest BCUT2D eigenvalue weighted by Crippen LogP contribution is 2.22. The van der Waals surface area contributed by atoms with E-state index in [-0.39, 0.29) is 12.4 Å². The number of benzene rings is 1. The molecular formula is C12H11FN2O3. The third kappa shape index (κ3) is 2.48. The molecule has 0 fully saturated rings. The molecule has 0 unspecified atom stereocenters. The molecule has 0 bridgehead atoms. The first-order chi connectivity index (χ1) is 8.58. The van der Waals surface area contributed by atoms with Crippen LogP contribution in [0.1, 0.15) is 16.1 Å². The number of carboxylic acids is 1. The predicted octanol–water partition coefficient (Wildman–Crippen LogP) is 1.84. The van der Waals surface area contributed by atoms with Gasteiger partial charge in [-0.15, -0.1) is 0 Å². The van der Waals surface area contributed by atoms with Gasteiger partial charge in [0.25, 0.3) is 0 Å². The molecule has 0 aliphatic heterocycles. The molecule has 0 radical (unpaired) electrons. The van der Waals surface area contributed by atoms with Crippen molar-refractivity contribution in [2.24, 2.45) is 7.05 Å². The number of aromatic carboxylic acids is 1. The van der Waals surface area contributed by atoms with Gasteiger partial charge in [-0.2, -0.15) is 5.10 Å². The van der Waals surface area contributed by atoms with Gasteiger partial charge in [0, 0.05) is 13.2 Å². The summed E-state index contributed by atoms with van der Waals surface area (Å²) in [4.78, 5) is 10.9. The molecule has 1 N–H and O–H groups in total. The van der Waals surface area contributed by atoms with Gasteiger partial charge in [0.1, 0.15) is 23.7 Å². The lowest BCUT2D eigenvalue weighted by Gasteiger charge is -2.08. The molecule has 0 atom stereocenters. The molecule has 1 aromatic heterocycles. The van der Waals surface area contributed by atoms with Crippen molar-refractivity contribution < 1.29 is 19.0 Å². The molecule has 18 heavy (non-hydrogen) atoms. The number of rotatable bonds is 4. The summed E-state index contributed by atoms with van der Waals surface area (Å²) in [5.74, 6) is -2.18. The van der Waals surface area contributed by atoms with E-state index in [2.05, 4.69) is 5.10 Å². The maximum atomic E-state index is 13.4. The first kappa shape index (κ1) is 12.1. The Hall–Kier alpha value is -2.37. The number of ether oxygens (including phenoxy) is 1. The summed E-state index contributed by atoms with van der Waals surface area (Å²) in [5.41, 5.74) is 0.173. The normalized spacial score (nSPS) is 10.3. The van der Waals surface area contributed by atoms with Crippen molar-refractivity contribution in [1.82, 2.24) is 9.78 Å². The van der Waals surface area contributed by atoms with Crippen molar-refractivity contribution >= 4 is 5.97 Å². The number of aromatic nitrogens is 2. The van der Waals surface area contributed by atoms with E-state index in [1.807, 2.05) is 0 Å². The lowest BCUT2D eigenvalue weighted by atomic mass is 10.2. The second-order valence-electron chi connectivity index (χ2n) is 3.69. The van der Waals surface area contributed by atoms with Crippen molar-refractivity contribution in [2.45, 2.75) is 6.61 Å². The predicted molar refractivity (Wildman–Crippen MR) is 60.9 cm³/mol. The van der Waals surface area contributed by atoms with E-state index in [0.717, 1.165) is 6.07 Å². The lowest BCUT2D eigenvalue weighted by Crippen LogP contribution is -2.06. The van der Waals surface area contributed by atoms with E-state index in [0.29, 0.717) is 5.69 Å². The molecule has 1 aromatic carbocycles. The molecule has 5 nitrogen and oxygen atoms in total. The van der Waals surface area contributed by atoms with Crippen molar-refractivity contribution in [1.29, 1.82) is 0 Å². The maximum Gasteiger partial charge on any atom is 0.342 e. The van der Waals surface area contributed by atoms with E-state index >= 15 is 0 Å². The summed E-state index contributed by atoms with van der Waals surface area (Å²) in [7, 11) is 1.76. The van der Waals surface area contributed by atoms with Crippen LogP contribution in [0.25, 0.3) is 0 Å². The van der Waals surface area contributed by atoms with Gasteiger partial charge in [-0.1, -0.05) is 6.07 Å². The highest BCUT2D eigenvalue weighted by molar-refractivity contribution is 5.91. The van der Waals surface area contributed by atoms with E-state index in [4.69, 9.17) is 9.84 Å². The molecule has 0 spiro atoms. The number of aryl methyl sites for hydroxylation is 1. The van der Waals surface area contributed by atoms with Crippen molar-refractivity contribution in [2.75, 3.05) is 0 Å². The largest absolute Gasteiger partial charge is 0.486 e. The molecule has 1 heterocycles. The van der Waals surface area contributed by atoms with Gasteiger partial charge in [-0.3, -0.25) is 4.68 Å². The third-order valence-electron chi connectivity index (χ3n) is 2.33. The van der Waals surface area contributed by atoms with Crippen molar-refractivity contribution in [3.05, 3.63) is 47.5 Å². The minimum Gasteiger partial charge on any atom is -0.486 e. The number of carboxylic acid groups (broad SMARTS) is 1. The Balaban J connectivity index is 2.19. The molecule has 0 aliphatic rings. The number of carbonyl (C=O) groups is 1. The van der Waals surface area contributed by atoms with Gasteiger partial charge in [0.05, 0.1) is 5.69 Å². The molecule has 94 valence electrons. The Morgan fingerprint density at radius 2 is 2.28 bits per heavy atom. The standard InChI is InChI=1S/C12H11FN2O3/c1-15-6-5-8(14-15)7-18-10-4-2-3-9(13)11(10)12(16)17/h2-6H,7H2,1H3,(H,16,17). The molecule has 2 aromatic rings. The van der Waals surface area contributed by atoms with Gasteiger partial charge in [0.2, 0.25) is 0 Å². The molecule has 0 aliphatic carbocycles. The fourth-order valence-corrected chi connectivity index (χ4v) is 1.52. The molecule has 0 saturated heterocycles. The lowest BCUT2D eigenvalue weighted by molar-refractivity contribution is 0.0686. The fourth-order valence-electron chi connectivity index (χ4n) is 1.52. The van der Waals surface area contributed by atoms with E-state index in [9.17, 15) is 9.18 Å². The molecular weight excluding hydrogens is 239 g/mol. The molecule has 6 heteroatoms. The second kappa shape index (κ2) is 4.87. The average Bonchev–Trinajstić information content (AvgIpc) is 2.72. The molecule has 0 amide bonds. The summed E-state index contributed by atoms with van der Waals surface area (Å²) in [5, 5.41) is 13.0. The van der Waals surface area contributed by atoms with Gasteiger partial charge in [-0.05, 0) is 18.2 Å². The number of halogens is 1. The Morgan fingerprint density at radius 1 is 1.50 bits per heavy atom. The summed E-state index contributed by atoms with van der Waals surface area (Å²) < 4.78 is 20.2. The van der Waals surface area contributed by atoms with E-state index in [1.54, 1.807) is 24.0 Å². The van der Waals surface area contributed by atoms with Gasteiger partial charge in [0.15, 0.2) is 0 Å². The van der Waals surface area contributed by atoms with Crippen LogP contribution >= 0.6 is 0 Å². The van der Waals surface area contributed by atoms with Crippen molar-refractivity contribution in [3.63, 3.8) is 0 Å². The summed E-state index contributed by atoms with van der Waals surface area (Å²) in [6.07, 6.45) is 1.74. The minimum absolute atomic E-state index is 0.00634. The van der Waals surface area contributed by atoms with E-state index < -0.39 is 17.3 Å². The molecule has 0 saturated carbocycles. The van der Waals surface area contributed by atoms with Crippen LogP contribution in [-0.4, -0.2) is 20.9 Å². The quantitative estimate of drug-likeness (QED) is 0.899. The zero-order valence-corrected chi connectivity index (χ0v) is 9.63. The zero-order valence-electron chi connectivity index (χ0n) is 9.63.